The molecule has 1 aromatic heterocycles. The number of anilines is 1. The van der Waals surface area contributed by atoms with Gasteiger partial charge in [0.1, 0.15) is 0 Å². The van der Waals surface area contributed by atoms with Gasteiger partial charge >= 0.3 is 0 Å². The van der Waals surface area contributed by atoms with Crippen LogP contribution in [0.2, 0.25) is 0 Å². The fourth-order valence-corrected chi connectivity index (χ4v) is 1.63. The molecule has 0 aliphatic heterocycles. The second kappa shape index (κ2) is 4.70. The van der Waals surface area contributed by atoms with Crippen LogP contribution in [0.3, 0.4) is 0 Å². The van der Waals surface area contributed by atoms with E-state index in [1.54, 1.807) is 6.20 Å². The Hall–Kier alpha value is -1.29. The average Bonchev–Trinajstić information content (AvgIpc) is 3.09. The minimum absolute atomic E-state index is 0.0843. The number of pyridine rings is 1. The lowest BCUT2D eigenvalue weighted by Gasteiger charge is -2.15. The van der Waals surface area contributed by atoms with Crippen LogP contribution in [0, 0.1) is 5.41 Å². The molecular formula is C12H18N2O2. The van der Waals surface area contributed by atoms with Crippen LogP contribution in [0.4, 0.5) is 5.82 Å². The van der Waals surface area contributed by atoms with E-state index in [4.69, 9.17) is 4.74 Å². The third kappa shape index (κ3) is 2.44. The van der Waals surface area contributed by atoms with E-state index in [0.29, 0.717) is 6.61 Å². The SMILES string of the molecule is CCOc1cccnc1NCC1(CO)CC1. The molecule has 2 N–H and O–H groups in total. The summed E-state index contributed by atoms with van der Waals surface area (Å²) >= 11 is 0. The predicted octanol–water partition coefficient (Wildman–Crippen LogP) is 1.66. The Labute approximate surface area is 95.7 Å². The number of aliphatic hydroxyl groups excluding tert-OH is 1. The van der Waals surface area contributed by atoms with Gasteiger partial charge in [-0.15, -0.1) is 0 Å². The summed E-state index contributed by atoms with van der Waals surface area (Å²) in [6.45, 7) is 3.59. The van der Waals surface area contributed by atoms with E-state index >= 15 is 0 Å². The summed E-state index contributed by atoms with van der Waals surface area (Å²) in [4.78, 5) is 4.24. The molecule has 2 rings (SSSR count). The van der Waals surface area contributed by atoms with Gasteiger partial charge in [-0.25, -0.2) is 4.98 Å². The zero-order chi connectivity index (χ0) is 11.4. The number of hydrogen-bond donors (Lipinski definition) is 2. The molecule has 4 heteroatoms. The van der Waals surface area contributed by atoms with Gasteiger partial charge in [-0.3, -0.25) is 0 Å². The summed E-state index contributed by atoms with van der Waals surface area (Å²) < 4.78 is 5.47. The smallest absolute Gasteiger partial charge is 0.168 e. The Morgan fingerprint density at radius 1 is 1.56 bits per heavy atom. The Morgan fingerprint density at radius 3 is 3.00 bits per heavy atom. The number of nitrogens with zero attached hydrogens (tertiary/aromatic N) is 1. The van der Waals surface area contributed by atoms with Crippen molar-refractivity contribution in [2.75, 3.05) is 25.1 Å². The average molecular weight is 222 g/mol. The van der Waals surface area contributed by atoms with Crippen LogP contribution in [0.5, 0.6) is 5.75 Å². The third-order valence-electron chi connectivity index (χ3n) is 2.99. The maximum absolute atomic E-state index is 9.22. The first-order valence-corrected chi connectivity index (χ1v) is 5.72. The van der Waals surface area contributed by atoms with Gasteiger partial charge < -0.3 is 15.2 Å². The van der Waals surface area contributed by atoms with Crippen molar-refractivity contribution in [2.24, 2.45) is 5.41 Å². The summed E-state index contributed by atoms with van der Waals surface area (Å²) in [6.07, 6.45) is 3.92. The molecule has 4 nitrogen and oxygen atoms in total. The summed E-state index contributed by atoms with van der Waals surface area (Å²) in [6, 6.07) is 3.76. The number of aliphatic hydroxyl groups is 1. The lowest BCUT2D eigenvalue weighted by atomic mass is 10.1. The van der Waals surface area contributed by atoms with Gasteiger partial charge in [-0.2, -0.15) is 0 Å². The van der Waals surface area contributed by atoms with Crippen LogP contribution in [0.25, 0.3) is 0 Å². The van der Waals surface area contributed by atoms with Crippen LogP contribution in [-0.4, -0.2) is 29.8 Å². The molecule has 0 aromatic carbocycles. The lowest BCUT2D eigenvalue weighted by Crippen LogP contribution is -2.19. The molecule has 0 bridgehead atoms. The van der Waals surface area contributed by atoms with Crippen LogP contribution >= 0.6 is 0 Å². The third-order valence-corrected chi connectivity index (χ3v) is 2.99. The van der Waals surface area contributed by atoms with E-state index in [1.807, 2.05) is 19.1 Å². The van der Waals surface area contributed by atoms with E-state index in [0.717, 1.165) is 31.0 Å². The Balaban J connectivity index is 1.97. The van der Waals surface area contributed by atoms with Crippen LogP contribution in [-0.2, 0) is 0 Å². The van der Waals surface area contributed by atoms with Crippen molar-refractivity contribution in [3.63, 3.8) is 0 Å². The number of hydrogen-bond acceptors (Lipinski definition) is 4. The molecule has 16 heavy (non-hydrogen) atoms. The van der Waals surface area contributed by atoms with Crippen LogP contribution in [0.15, 0.2) is 18.3 Å². The van der Waals surface area contributed by atoms with Gasteiger partial charge in [-0.1, -0.05) is 0 Å². The van der Waals surface area contributed by atoms with Crippen molar-refractivity contribution in [1.82, 2.24) is 4.98 Å². The first kappa shape index (κ1) is 11.2. The predicted molar refractivity (Wildman–Crippen MR) is 62.6 cm³/mol. The molecule has 0 amide bonds. The van der Waals surface area contributed by atoms with Crippen molar-refractivity contribution in [1.29, 1.82) is 0 Å². The van der Waals surface area contributed by atoms with E-state index in [1.165, 1.54) is 0 Å². The van der Waals surface area contributed by atoms with Gasteiger partial charge in [-0.05, 0) is 31.9 Å². The molecule has 1 heterocycles. The van der Waals surface area contributed by atoms with Crippen LogP contribution in [0.1, 0.15) is 19.8 Å². The fraction of sp³-hybridized carbons (Fsp3) is 0.583. The molecule has 0 atom stereocenters. The molecule has 0 spiro atoms. The summed E-state index contributed by atoms with van der Waals surface area (Å²) in [5, 5.41) is 12.5. The largest absolute Gasteiger partial charge is 0.490 e. The molecular weight excluding hydrogens is 204 g/mol. The number of aromatic nitrogens is 1. The highest BCUT2D eigenvalue weighted by Crippen LogP contribution is 2.45. The Kier molecular flexibility index (Phi) is 3.29. The van der Waals surface area contributed by atoms with Gasteiger partial charge in [0.05, 0.1) is 13.2 Å². The molecule has 1 fully saturated rings. The summed E-state index contributed by atoms with van der Waals surface area (Å²) in [5.74, 6) is 1.54. The van der Waals surface area contributed by atoms with E-state index in [-0.39, 0.29) is 12.0 Å². The topological polar surface area (TPSA) is 54.4 Å². The minimum atomic E-state index is 0.0843. The van der Waals surface area contributed by atoms with E-state index < -0.39 is 0 Å². The van der Waals surface area contributed by atoms with Crippen LogP contribution < -0.4 is 10.1 Å². The van der Waals surface area contributed by atoms with Crippen molar-refractivity contribution < 1.29 is 9.84 Å². The maximum atomic E-state index is 9.22. The molecule has 1 saturated carbocycles. The first-order valence-electron chi connectivity index (χ1n) is 5.72. The highest BCUT2D eigenvalue weighted by molar-refractivity contribution is 5.49. The molecule has 0 unspecified atom stereocenters. The molecule has 1 aliphatic rings. The Morgan fingerprint density at radius 2 is 2.38 bits per heavy atom. The second-order valence-electron chi connectivity index (χ2n) is 4.29. The second-order valence-corrected chi connectivity index (χ2v) is 4.29. The molecule has 0 radical (unpaired) electrons. The number of rotatable bonds is 6. The highest BCUT2D eigenvalue weighted by Gasteiger charge is 2.41. The van der Waals surface area contributed by atoms with Gasteiger partial charge in [0.15, 0.2) is 11.6 Å². The molecule has 0 saturated heterocycles. The quantitative estimate of drug-likeness (QED) is 0.768. The normalized spacial score (nSPS) is 16.9. The first-order chi connectivity index (χ1) is 7.79. The molecule has 1 aromatic rings. The van der Waals surface area contributed by atoms with Crippen molar-refractivity contribution in [3.05, 3.63) is 18.3 Å². The van der Waals surface area contributed by atoms with Crippen molar-refractivity contribution >= 4 is 5.82 Å². The fourth-order valence-electron chi connectivity index (χ4n) is 1.63. The lowest BCUT2D eigenvalue weighted by molar-refractivity contribution is 0.219. The van der Waals surface area contributed by atoms with Crippen molar-refractivity contribution in [2.45, 2.75) is 19.8 Å². The van der Waals surface area contributed by atoms with E-state index in [2.05, 4.69) is 10.3 Å². The summed E-state index contributed by atoms with van der Waals surface area (Å²) in [5.41, 5.74) is 0.0843. The standard InChI is InChI=1S/C12H18N2O2/c1-2-16-10-4-3-7-13-11(10)14-8-12(9-15)5-6-12/h3-4,7,15H,2,5-6,8-9H2,1H3,(H,13,14). The monoisotopic (exact) mass is 222 g/mol. The van der Waals surface area contributed by atoms with Gasteiger partial charge in [0.2, 0.25) is 0 Å². The van der Waals surface area contributed by atoms with Gasteiger partial charge in [0, 0.05) is 18.2 Å². The summed E-state index contributed by atoms with van der Waals surface area (Å²) in [7, 11) is 0. The molecule has 1 aliphatic carbocycles. The Bertz CT molecular complexity index is 351. The number of ether oxygens (including phenoxy) is 1. The van der Waals surface area contributed by atoms with Crippen molar-refractivity contribution in [3.8, 4) is 5.75 Å². The zero-order valence-corrected chi connectivity index (χ0v) is 9.57. The zero-order valence-electron chi connectivity index (χ0n) is 9.57. The van der Waals surface area contributed by atoms with E-state index in [9.17, 15) is 5.11 Å². The maximum Gasteiger partial charge on any atom is 0.168 e. The number of nitrogens with one attached hydrogen (secondary N) is 1. The highest BCUT2D eigenvalue weighted by atomic mass is 16.5. The minimum Gasteiger partial charge on any atom is -0.490 e. The van der Waals surface area contributed by atoms with Gasteiger partial charge in [0.25, 0.3) is 0 Å². The molecule has 88 valence electrons.